The highest BCUT2D eigenvalue weighted by molar-refractivity contribution is 6.34. The zero-order valence-electron chi connectivity index (χ0n) is 20.3. The number of carbonyl (C=O) groups excluding carboxylic acids is 1. The molecule has 0 bridgehead atoms. The van der Waals surface area contributed by atoms with E-state index in [-0.39, 0.29) is 0 Å². The van der Waals surface area contributed by atoms with Crippen LogP contribution in [0.25, 0.3) is 11.1 Å². The van der Waals surface area contributed by atoms with Crippen molar-refractivity contribution in [1.82, 2.24) is 15.3 Å². The molecule has 1 saturated heterocycles. The molecule has 3 N–H and O–H groups in total. The predicted octanol–water partition coefficient (Wildman–Crippen LogP) is 5.54. The van der Waals surface area contributed by atoms with Crippen LogP contribution >= 0.6 is 11.6 Å². The Kier molecular flexibility index (Phi) is 11.4. The van der Waals surface area contributed by atoms with E-state index in [0.29, 0.717) is 18.0 Å². The van der Waals surface area contributed by atoms with Crippen molar-refractivity contribution in [3.05, 3.63) is 76.7 Å². The molecule has 1 amide bonds. The number of nitrogens with zero attached hydrogens (tertiary/aromatic N) is 2. The summed E-state index contributed by atoms with van der Waals surface area (Å²) in [5, 5.41) is 2.84. The Bertz CT molecular complexity index is 1180. The van der Waals surface area contributed by atoms with E-state index < -0.39 is 28.4 Å². The summed E-state index contributed by atoms with van der Waals surface area (Å²) in [7, 11) is 1.64. The molecule has 1 aliphatic rings. The van der Waals surface area contributed by atoms with Gasteiger partial charge in [-0.15, -0.1) is 12.8 Å². The van der Waals surface area contributed by atoms with Gasteiger partial charge < -0.3 is 15.8 Å². The minimum atomic E-state index is -4.62. The number of rotatable bonds is 5. The lowest BCUT2D eigenvalue weighted by molar-refractivity contribution is -0.137. The molecule has 1 fully saturated rings. The molecule has 4 rings (SSSR count). The molecule has 196 valence electrons. The van der Waals surface area contributed by atoms with Crippen LogP contribution in [0.15, 0.2) is 54.9 Å². The van der Waals surface area contributed by atoms with Crippen molar-refractivity contribution in [2.75, 3.05) is 13.7 Å². The number of hydrogen-bond acceptors (Lipinski definition) is 5. The van der Waals surface area contributed by atoms with Crippen LogP contribution in [0.1, 0.15) is 40.9 Å². The normalized spacial score (nSPS) is 14.8. The van der Waals surface area contributed by atoms with Crippen molar-refractivity contribution in [3.8, 4) is 29.9 Å². The lowest BCUT2D eigenvalue weighted by atomic mass is 9.96. The van der Waals surface area contributed by atoms with Gasteiger partial charge in [0.2, 0.25) is 5.88 Å². The van der Waals surface area contributed by atoms with Crippen LogP contribution in [0.3, 0.4) is 0 Å². The number of primary amides is 1. The summed E-state index contributed by atoms with van der Waals surface area (Å²) in [5.41, 5.74) is 6.82. The van der Waals surface area contributed by atoms with Gasteiger partial charge in [-0.1, -0.05) is 42.3 Å². The van der Waals surface area contributed by atoms with E-state index >= 15 is 0 Å². The molecule has 0 unspecified atom stereocenters. The summed E-state index contributed by atoms with van der Waals surface area (Å²) in [6, 6.07) is 14.0. The maximum atomic E-state index is 12.2. The van der Waals surface area contributed by atoms with Gasteiger partial charge in [0, 0.05) is 30.1 Å². The van der Waals surface area contributed by atoms with Gasteiger partial charge in [-0.3, -0.25) is 4.79 Å². The number of aromatic nitrogens is 2. The van der Waals surface area contributed by atoms with E-state index in [1.54, 1.807) is 7.11 Å². The summed E-state index contributed by atoms with van der Waals surface area (Å²) >= 11 is 5.31. The van der Waals surface area contributed by atoms with Crippen LogP contribution in [0.2, 0.25) is 5.02 Å². The summed E-state index contributed by atoms with van der Waals surface area (Å²) in [5.74, 6) is -0.442. The minimum Gasteiger partial charge on any atom is -0.481 e. The molecule has 0 saturated carbocycles. The lowest BCUT2D eigenvalue weighted by Gasteiger charge is -2.23. The summed E-state index contributed by atoms with van der Waals surface area (Å²) < 4.78 is 41.8. The third kappa shape index (κ3) is 8.77. The Morgan fingerprint density at radius 2 is 1.92 bits per heavy atom. The molecule has 1 aromatic carbocycles. The highest BCUT2D eigenvalue weighted by Gasteiger charge is 2.34. The average molecular weight is 533 g/mol. The number of terminal acetylenes is 1. The minimum absolute atomic E-state index is 0.582. The number of hydrogen-bond donors (Lipinski definition) is 2. The third-order valence-electron chi connectivity index (χ3n) is 5.53. The highest BCUT2D eigenvalue weighted by atomic mass is 35.5. The fraction of sp³-hybridized carbons (Fsp3) is 0.296. The van der Waals surface area contributed by atoms with Crippen molar-refractivity contribution >= 4 is 17.5 Å². The highest BCUT2D eigenvalue weighted by Crippen LogP contribution is 2.35. The molecule has 0 spiro atoms. The molecule has 1 aliphatic heterocycles. The van der Waals surface area contributed by atoms with Crippen molar-refractivity contribution in [3.63, 3.8) is 0 Å². The number of benzene rings is 1. The smallest absolute Gasteiger partial charge is 0.417 e. The standard InChI is InChI=1S/C18H22N2O.C7H4ClF3N2O.C2H2/c1-21-18-9-8-16(13-20-18)15-6-4-5-14(11-15)12-17-7-2-3-10-19-17;8-4-3(7(9,10)11)1-2-13-5(4)6(12)14;1-2/h4-6,8-9,11,13,17,19H,2-3,7,10,12H2,1H3;1-2H,(H2,12,14);1-2H/t17-;;/m0../s1. The number of methoxy groups -OCH3 is 1. The summed E-state index contributed by atoms with van der Waals surface area (Å²) in [4.78, 5) is 18.2. The number of halogens is 4. The quantitative estimate of drug-likeness (QED) is 0.421. The van der Waals surface area contributed by atoms with Crippen LogP contribution in [0, 0.1) is 12.8 Å². The largest absolute Gasteiger partial charge is 0.481 e. The number of piperidine rings is 1. The maximum Gasteiger partial charge on any atom is 0.417 e. The van der Waals surface area contributed by atoms with Gasteiger partial charge in [-0.2, -0.15) is 13.2 Å². The zero-order chi connectivity index (χ0) is 27.4. The lowest BCUT2D eigenvalue weighted by Crippen LogP contribution is -2.35. The Balaban J connectivity index is 0.000000263. The van der Waals surface area contributed by atoms with E-state index in [0.717, 1.165) is 24.7 Å². The summed E-state index contributed by atoms with van der Waals surface area (Å²) in [6.07, 6.45) is 11.1. The number of pyridine rings is 2. The van der Waals surface area contributed by atoms with Gasteiger partial charge in [0.25, 0.3) is 5.91 Å². The Labute approximate surface area is 219 Å². The molecule has 3 aromatic rings. The molecular formula is C27H28ClF3N4O2. The first-order valence-corrected chi connectivity index (χ1v) is 11.7. The second-order valence-corrected chi connectivity index (χ2v) is 8.40. The van der Waals surface area contributed by atoms with E-state index in [9.17, 15) is 18.0 Å². The second-order valence-electron chi connectivity index (χ2n) is 8.02. The van der Waals surface area contributed by atoms with Gasteiger partial charge in [-0.05, 0) is 49.1 Å². The van der Waals surface area contributed by atoms with Gasteiger partial charge in [0.15, 0.2) is 0 Å². The fourth-order valence-electron chi connectivity index (χ4n) is 3.77. The van der Waals surface area contributed by atoms with Crippen molar-refractivity contribution in [2.24, 2.45) is 5.73 Å². The molecule has 10 heteroatoms. The van der Waals surface area contributed by atoms with Crippen LogP contribution in [-0.4, -0.2) is 35.6 Å². The van der Waals surface area contributed by atoms with Gasteiger partial charge in [0.05, 0.1) is 17.7 Å². The monoisotopic (exact) mass is 532 g/mol. The fourth-order valence-corrected chi connectivity index (χ4v) is 4.08. The predicted molar refractivity (Wildman–Crippen MR) is 138 cm³/mol. The first-order chi connectivity index (χ1) is 17.7. The number of carbonyl (C=O) groups is 1. The Morgan fingerprint density at radius 3 is 2.49 bits per heavy atom. The third-order valence-corrected chi connectivity index (χ3v) is 5.91. The topological polar surface area (TPSA) is 90.1 Å². The SMILES string of the molecule is C#C.COc1ccc(-c2cccc(C[C@@H]3CCCCN3)c2)cn1.NC(=O)c1nccc(C(F)(F)F)c1Cl. The molecule has 1 atom stereocenters. The van der Waals surface area contributed by atoms with Crippen LogP contribution in [0.4, 0.5) is 13.2 Å². The van der Waals surface area contributed by atoms with Crippen LogP contribution in [0.5, 0.6) is 5.88 Å². The second kappa shape index (κ2) is 14.2. The molecule has 3 heterocycles. The van der Waals surface area contributed by atoms with Crippen LogP contribution in [-0.2, 0) is 12.6 Å². The molecule has 2 aromatic heterocycles. The van der Waals surface area contributed by atoms with E-state index in [2.05, 4.69) is 58.5 Å². The number of nitrogens with two attached hydrogens (primary N) is 1. The first-order valence-electron chi connectivity index (χ1n) is 11.4. The van der Waals surface area contributed by atoms with Gasteiger partial charge >= 0.3 is 6.18 Å². The Hall–Kier alpha value is -3.61. The molecule has 37 heavy (non-hydrogen) atoms. The number of ether oxygens (including phenoxy) is 1. The molecule has 0 radical (unpaired) electrons. The summed E-state index contributed by atoms with van der Waals surface area (Å²) in [6.45, 7) is 1.16. The number of nitrogens with one attached hydrogen (secondary N) is 1. The van der Waals surface area contributed by atoms with Gasteiger partial charge in [0.1, 0.15) is 5.69 Å². The average Bonchev–Trinajstić information content (AvgIpc) is 2.90. The Morgan fingerprint density at radius 1 is 1.16 bits per heavy atom. The van der Waals surface area contributed by atoms with Crippen molar-refractivity contribution in [2.45, 2.75) is 37.9 Å². The van der Waals surface area contributed by atoms with Crippen LogP contribution < -0.4 is 15.8 Å². The van der Waals surface area contributed by atoms with E-state index in [1.165, 1.54) is 30.4 Å². The molecular weight excluding hydrogens is 505 g/mol. The van der Waals surface area contributed by atoms with Gasteiger partial charge in [-0.25, -0.2) is 9.97 Å². The van der Waals surface area contributed by atoms with E-state index in [1.807, 2.05) is 12.3 Å². The number of alkyl halides is 3. The molecule has 0 aliphatic carbocycles. The number of amides is 1. The maximum absolute atomic E-state index is 12.2. The zero-order valence-corrected chi connectivity index (χ0v) is 21.0. The first kappa shape index (κ1) is 29.6. The molecule has 6 nitrogen and oxygen atoms in total. The van der Waals surface area contributed by atoms with Crippen molar-refractivity contribution in [1.29, 1.82) is 0 Å². The van der Waals surface area contributed by atoms with Crippen molar-refractivity contribution < 1.29 is 22.7 Å². The van der Waals surface area contributed by atoms with E-state index in [4.69, 9.17) is 22.1 Å².